The Labute approximate surface area is 310 Å². The minimum absolute atomic E-state index is 0.0136. The number of aliphatic carboxylic acids is 3. The zero-order chi connectivity index (χ0) is 39.2. The topological polar surface area (TPSA) is 245 Å². The Morgan fingerprint density at radius 1 is 0.679 bits per heavy atom. The largest absolute Gasteiger partial charge is 0.548 e. The van der Waals surface area contributed by atoms with Gasteiger partial charge in [0.2, 0.25) is 0 Å². The number of nitrogens with zero attached hydrogens (tertiary/aromatic N) is 4. The van der Waals surface area contributed by atoms with Crippen LogP contribution in [0, 0.1) is 0 Å². The maximum atomic E-state index is 12.7. The van der Waals surface area contributed by atoms with Crippen LogP contribution in [0.15, 0.2) is 24.3 Å². The second-order valence-electron chi connectivity index (χ2n) is 12.4. The number of carbonyl (C=O) groups is 4. The fourth-order valence-electron chi connectivity index (χ4n) is 6.17. The second-order valence-corrected chi connectivity index (χ2v) is 12.4. The van der Waals surface area contributed by atoms with Crippen molar-refractivity contribution in [3.8, 4) is 5.75 Å². The van der Waals surface area contributed by atoms with E-state index < -0.39 is 67.9 Å². The lowest BCUT2D eigenvalue weighted by atomic mass is 10.0. The summed E-state index contributed by atoms with van der Waals surface area (Å²) in [6.07, 6.45) is 1.26. The van der Waals surface area contributed by atoms with Crippen molar-refractivity contribution in [1.29, 1.82) is 0 Å². The van der Waals surface area contributed by atoms with Crippen LogP contribution in [-0.4, -0.2) is 200 Å². The predicted octanol–water partition coefficient (Wildman–Crippen LogP) is -4.13. The van der Waals surface area contributed by atoms with Gasteiger partial charge in [-0.25, -0.2) is 0 Å². The number of methoxy groups -OCH3 is 1. The monoisotopic (exact) mass is 756 g/mol. The third-order valence-electron chi connectivity index (χ3n) is 9.22. The first-order valence-corrected chi connectivity index (χ1v) is 17.9. The number of aryl methyl sites for hydroxylation is 1. The average Bonchev–Trinajstić information content (AvgIpc) is 3.13. The number of ether oxygens (including phenoxy) is 4. The molecule has 4 atom stereocenters. The highest BCUT2D eigenvalue weighted by Crippen LogP contribution is 2.17. The molecule has 4 N–H and O–H groups in total. The maximum absolute atomic E-state index is 12.7. The quantitative estimate of drug-likeness (QED) is 0.0612. The molecule has 1 heterocycles. The molecule has 53 heavy (non-hydrogen) atoms. The summed E-state index contributed by atoms with van der Waals surface area (Å²) in [5.41, 5.74) is 0.964. The van der Waals surface area contributed by atoms with Crippen molar-refractivity contribution in [3.05, 3.63) is 29.8 Å². The number of carbonyl (C=O) groups excluding carboxylic acids is 3. The number of aliphatic hydroxyl groups excluding tert-OH is 3. The van der Waals surface area contributed by atoms with Crippen molar-refractivity contribution in [2.45, 2.75) is 50.4 Å². The zero-order valence-electron chi connectivity index (χ0n) is 30.7. The lowest BCUT2D eigenvalue weighted by molar-refractivity contribution is -0.315. The van der Waals surface area contributed by atoms with Crippen molar-refractivity contribution in [3.63, 3.8) is 0 Å². The van der Waals surface area contributed by atoms with Gasteiger partial charge >= 0.3 is 11.9 Å². The van der Waals surface area contributed by atoms with Crippen LogP contribution >= 0.6 is 0 Å². The van der Waals surface area contributed by atoms with E-state index >= 15 is 0 Å². The summed E-state index contributed by atoms with van der Waals surface area (Å²) in [6, 6.07) is 2.32. The van der Waals surface area contributed by atoms with Gasteiger partial charge in [0.1, 0.15) is 24.4 Å². The molecule has 18 nitrogen and oxygen atoms in total. The molecule has 0 spiro atoms. The molecule has 1 aromatic carbocycles. The molecule has 1 aliphatic heterocycles. The fraction of sp³-hybridized carbons (Fsp3) is 0.714. The van der Waals surface area contributed by atoms with Crippen molar-refractivity contribution < 1.29 is 68.8 Å². The van der Waals surface area contributed by atoms with Crippen LogP contribution in [-0.2, 0) is 39.8 Å². The molecular weight excluding hydrogens is 700 g/mol. The SMILES string of the molecule is CCOCCOCCOc1ccc(CCC[C@@H](C(=O)O)N2CCN([C@H](CO)C(=O)OC)CCN([C@@H](CO)C(=O)[O-])CCN([C@@H](CO)C(=O)[O-])CC2)cc1. The Bertz CT molecular complexity index is 1230. The van der Waals surface area contributed by atoms with Gasteiger partial charge in [-0.2, -0.15) is 0 Å². The molecule has 18 heteroatoms. The van der Waals surface area contributed by atoms with Gasteiger partial charge < -0.3 is 59.2 Å². The first-order valence-electron chi connectivity index (χ1n) is 17.9. The van der Waals surface area contributed by atoms with Gasteiger partial charge in [-0.1, -0.05) is 12.1 Å². The van der Waals surface area contributed by atoms with Gasteiger partial charge in [-0.05, 0) is 43.9 Å². The first-order chi connectivity index (χ1) is 25.5. The molecule has 0 bridgehead atoms. The third-order valence-corrected chi connectivity index (χ3v) is 9.22. The number of rotatable bonds is 23. The molecule has 0 radical (unpaired) electrons. The van der Waals surface area contributed by atoms with Gasteiger partial charge in [-0.15, -0.1) is 0 Å². The van der Waals surface area contributed by atoms with Gasteiger partial charge in [0, 0.05) is 59.0 Å². The second kappa shape index (κ2) is 25.5. The Morgan fingerprint density at radius 2 is 1.11 bits per heavy atom. The number of benzene rings is 1. The summed E-state index contributed by atoms with van der Waals surface area (Å²) in [5.74, 6) is -4.33. The lowest BCUT2D eigenvalue weighted by Crippen LogP contribution is -2.59. The zero-order valence-corrected chi connectivity index (χ0v) is 30.7. The van der Waals surface area contributed by atoms with Crippen LogP contribution in [0.25, 0.3) is 0 Å². The van der Waals surface area contributed by atoms with E-state index in [0.29, 0.717) is 51.6 Å². The number of carboxylic acids is 3. The highest BCUT2D eigenvalue weighted by atomic mass is 16.5. The van der Waals surface area contributed by atoms with Crippen molar-refractivity contribution >= 4 is 23.9 Å². The summed E-state index contributed by atoms with van der Waals surface area (Å²) >= 11 is 0. The summed E-state index contributed by atoms with van der Waals surface area (Å²) < 4.78 is 21.3. The molecular formula is C35H56N4O14-2. The fourth-order valence-corrected chi connectivity index (χ4v) is 6.17. The van der Waals surface area contributed by atoms with Crippen molar-refractivity contribution in [1.82, 2.24) is 19.6 Å². The molecule has 0 saturated carbocycles. The summed E-state index contributed by atoms with van der Waals surface area (Å²) in [4.78, 5) is 55.2. The lowest BCUT2D eigenvalue weighted by Gasteiger charge is -2.40. The number of hydrogen-bond donors (Lipinski definition) is 4. The first kappa shape index (κ1) is 45.7. The normalized spacial score (nSPS) is 18.2. The van der Waals surface area contributed by atoms with Crippen LogP contribution in [0.3, 0.4) is 0 Å². The van der Waals surface area contributed by atoms with Gasteiger partial charge in [-0.3, -0.25) is 29.2 Å². The van der Waals surface area contributed by atoms with Crippen molar-refractivity contribution in [2.24, 2.45) is 0 Å². The van der Waals surface area contributed by atoms with E-state index in [1.807, 2.05) is 31.2 Å². The molecule has 0 unspecified atom stereocenters. The summed E-state index contributed by atoms with van der Waals surface area (Å²) in [6.45, 7) is 1.85. The van der Waals surface area contributed by atoms with Crippen LogP contribution in [0.2, 0.25) is 0 Å². The number of aliphatic hydroxyl groups is 3. The smallest absolute Gasteiger partial charge is 0.325 e. The highest BCUT2D eigenvalue weighted by molar-refractivity contribution is 5.76. The highest BCUT2D eigenvalue weighted by Gasteiger charge is 2.32. The van der Waals surface area contributed by atoms with E-state index in [9.17, 15) is 49.8 Å². The number of hydrogen-bond acceptors (Lipinski definition) is 17. The average molecular weight is 757 g/mol. The Kier molecular flexibility index (Phi) is 22.0. The van der Waals surface area contributed by atoms with Gasteiger partial charge in [0.05, 0.1) is 70.8 Å². The van der Waals surface area contributed by atoms with Crippen LogP contribution in [0.5, 0.6) is 5.75 Å². The third kappa shape index (κ3) is 15.8. The molecule has 1 aromatic rings. The molecule has 302 valence electrons. The van der Waals surface area contributed by atoms with Crippen LogP contribution in [0.1, 0.15) is 25.3 Å². The Balaban J connectivity index is 2.25. The van der Waals surface area contributed by atoms with E-state index in [1.54, 1.807) is 9.80 Å². The Hall–Kier alpha value is -3.46. The molecule has 1 fully saturated rings. The molecule has 0 amide bonds. The Morgan fingerprint density at radius 3 is 1.53 bits per heavy atom. The molecule has 1 saturated heterocycles. The molecule has 1 aliphatic rings. The van der Waals surface area contributed by atoms with E-state index in [2.05, 4.69) is 0 Å². The molecule has 2 rings (SSSR count). The van der Waals surface area contributed by atoms with Crippen LogP contribution < -0.4 is 14.9 Å². The van der Waals surface area contributed by atoms with E-state index in [-0.39, 0.29) is 58.8 Å². The number of carboxylic acid groups (broad SMARTS) is 3. The summed E-state index contributed by atoms with van der Waals surface area (Å²) in [5, 5.41) is 64.2. The van der Waals surface area contributed by atoms with Crippen LogP contribution in [0.4, 0.5) is 0 Å². The maximum Gasteiger partial charge on any atom is 0.325 e. The van der Waals surface area contributed by atoms with Gasteiger partial charge in [0.25, 0.3) is 0 Å². The minimum Gasteiger partial charge on any atom is -0.548 e. The van der Waals surface area contributed by atoms with Crippen molar-refractivity contribution in [2.75, 3.05) is 112 Å². The standard InChI is InChI=1S/C35H58N4O14/c1-3-51-19-20-52-21-22-53-27-9-7-26(8-10-27)5-4-6-28(32(43)44)36-11-13-37(29(23-40)33(45)46)14-15-38(30(24-41)34(47)48)16-18-39(17-12-36)31(25-42)35(49)50-2/h7-10,28-31,40-42H,3-6,11-25H2,1-2H3,(H,43,44)(H,45,46)(H,47,48)/p-2/t28-,29-,30-,31+/m0/s1. The van der Waals surface area contributed by atoms with E-state index in [4.69, 9.17) is 18.9 Å². The van der Waals surface area contributed by atoms with E-state index in [1.165, 1.54) is 9.80 Å². The van der Waals surface area contributed by atoms with Gasteiger partial charge in [0.15, 0.2) is 0 Å². The predicted molar refractivity (Wildman–Crippen MR) is 185 cm³/mol. The summed E-state index contributed by atoms with van der Waals surface area (Å²) in [7, 11) is 1.16. The number of esters is 1. The molecule has 0 aromatic heterocycles. The minimum atomic E-state index is -1.57. The van der Waals surface area contributed by atoms with E-state index in [0.717, 1.165) is 12.7 Å². The molecule has 0 aliphatic carbocycles.